The van der Waals surface area contributed by atoms with Crippen LogP contribution in [0.3, 0.4) is 0 Å². The first kappa shape index (κ1) is 7.63. The summed E-state index contributed by atoms with van der Waals surface area (Å²) in [5.41, 5.74) is 1.05. The van der Waals surface area contributed by atoms with Crippen molar-refractivity contribution in [3.63, 3.8) is 0 Å². The van der Waals surface area contributed by atoms with Crippen molar-refractivity contribution in [1.29, 1.82) is 0 Å². The molecular formula is C6H9OS. The van der Waals surface area contributed by atoms with Gasteiger partial charge in [0.05, 0.1) is 0 Å². The van der Waals surface area contributed by atoms with Crippen LogP contribution in [-0.4, -0.2) is 5.12 Å². The highest BCUT2D eigenvalue weighted by atomic mass is 32.1. The van der Waals surface area contributed by atoms with Gasteiger partial charge in [0.15, 0.2) is 0 Å². The monoisotopic (exact) mass is 129 g/mol. The third-order valence-corrected chi connectivity index (χ3v) is 1.04. The van der Waals surface area contributed by atoms with Crippen LogP contribution < -0.4 is 0 Å². The lowest BCUT2D eigenvalue weighted by atomic mass is 10.2. The molecule has 0 atom stereocenters. The Hall–Kier alpha value is -0.370. The van der Waals surface area contributed by atoms with Gasteiger partial charge in [-0.1, -0.05) is 12.5 Å². The van der Waals surface area contributed by atoms with E-state index in [-0.39, 0.29) is 5.12 Å². The first-order valence-corrected chi connectivity index (χ1v) is 2.95. The van der Waals surface area contributed by atoms with Gasteiger partial charge in [-0.05, 0) is 32.0 Å². The van der Waals surface area contributed by atoms with Gasteiger partial charge in [-0.15, -0.1) is 0 Å². The molecule has 8 heavy (non-hydrogen) atoms. The lowest BCUT2D eigenvalue weighted by Gasteiger charge is -1.87. The van der Waals surface area contributed by atoms with Gasteiger partial charge < -0.3 is 0 Å². The molecular weight excluding hydrogens is 120 g/mol. The van der Waals surface area contributed by atoms with Gasteiger partial charge >= 0.3 is 0 Å². The van der Waals surface area contributed by atoms with Crippen LogP contribution in [0.25, 0.3) is 0 Å². The zero-order valence-corrected chi connectivity index (χ0v) is 5.92. The van der Waals surface area contributed by atoms with E-state index in [1.807, 2.05) is 13.8 Å². The summed E-state index contributed by atoms with van der Waals surface area (Å²) in [6.45, 7) is 3.88. The Bertz CT molecular complexity index is 116. The molecule has 0 aromatic rings. The fourth-order valence-electron chi connectivity index (χ4n) is 0.303. The van der Waals surface area contributed by atoms with Gasteiger partial charge in [-0.25, -0.2) is 0 Å². The largest absolute Gasteiger partial charge is 0.277 e. The fraction of sp³-hybridized carbons (Fsp3) is 0.500. The molecule has 0 aliphatic carbocycles. The summed E-state index contributed by atoms with van der Waals surface area (Å²) in [6.07, 6.45) is 2.39. The van der Waals surface area contributed by atoms with Gasteiger partial charge in [0.25, 0.3) is 0 Å². The van der Waals surface area contributed by atoms with Gasteiger partial charge in [-0.3, -0.25) is 4.79 Å². The Morgan fingerprint density at radius 1 is 1.75 bits per heavy atom. The Morgan fingerprint density at radius 3 is 2.38 bits per heavy atom. The fourth-order valence-corrected chi connectivity index (χ4v) is 0.504. The molecule has 0 bridgehead atoms. The van der Waals surface area contributed by atoms with Gasteiger partial charge in [-0.2, -0.15) is 0 Å². The molecule has 0 saturated carbocycles. The van der Waals surface area contributed by atoms with E-state index < -0.39 is 0 Å². The lowest BCUT2D eigenvalue weighted by Crippen LogP contribution is -1.79. The van der Waals surface area contributed by atoms with Crippen molar-refractivity contribution in [3.05, 3.63) is 11.6 Å². The third-order valence-electron chi connectivity index (χ3n) is 0.922. The van der Waals surface area contributed by atoms with E-state index >= 15 is 0 Å². The molecule has 0 aliphatic heterocycles. The Morgan fingerprint density at radius 2 is 2.25 bits per heavy atom. The Balaban J connectivity index is 3.75. The Kier molecular flexibility index (Phi) is 3.44. The molecule has 0 rings (SSSR count). The molecule has 2 heteroatoms. The van der Waals surface area contributed by atoms with Crippen LogP contribution in [-0.2, 0) is 4.79 Å². The second kappa shape index (κ2) is 3.61. The molecule has 45 valence electrons. The summed E-state index contributed by atoms with van der Waals surface area (Å²) in [4.78, 5) is 10.2. The molecule has 0 saturated heterocycles. The van der Waals surface area contributed by atoms with E-state index in [0.29, 0.717) is 0 Å². The smallest absolute Gasteiger partial charge is 0.242 e. The molecule has 0 aromatic heterocycles. The van der Waals surface area contributed by atoms with E-state index in [1.165, 1.54) is 6.08 Å². The third kappa shape index (κ3) is 3.81. The minimum atomic E-state index is -0.274. The van der Waals surface area contributed by atoms with Crippen molar-refractivity contribution < 1.29 is 4.79 Å². The maximum Gasteiger partial charge on any atom is 0.242 e. The summed E-state index contributed by atoms with van der Waals surface area (Å²) in [7, 11) is 0. The van der Waals surface area contributed by atoms with Crippen molar-refractivity contribution >= 4 is 17.7 Å². The van der Waals surface area contributed by atoms with E-state index in [1.54, 1.807) is 0 Å². The molecule has 0 amide bonds. The van der Waals surface area contributed by atoms with Crippen molar-refractivity contribution in [2.24, 2.45) is 0 Å². The summed E-state index contributed by atoms with van der Waals surface area (Å²) in [5, 5.41) is -0.274. The van der Waals surface area contributed by atoms with Crippen LogP contribution in [0, 0.1) is 0 Å². The van der Waals surface area contributed by atoms with Crippen molar-refractivity contribution in [1.82, 2.24) is 0 Å². The number of carbonyl (C=O) groups excluding carboxylic acids is 1. The molecule has 0 fully saturated rings. The average Bonchev–Trinajstić information content (AvgIpc) is 1.65. The molecule has 0 spiro atoms. The van der Waals surface area contributed by atoms with Crippen LogP contribution in [0.5, 0.6) is 0 Å². The number of hydrogen-bond donors (Lipinski definition) is 0. The van der Waals surface area contributed by atoms with Crippen LogP contribution in [0.4, 0.5) is 0 Å². The number of carbonyl (C=O) groups is 1. The van der Waals surface area contributed by atoms with Gasteiger partial charge in [0.2, 0.25) is 5.12 Å². The predicted molar refractivity (Wildman–Crippen MR) is 36.6 cm³/mol. The zero-order valence-electron chi connectivity index (χ0n) is 5.10. The highest BCUT2D eigenvalue weighted by Crippen LogP contribution is 1.98. The van der Waals surface area contributed by atoms with Crippen molar-refractivity contribution in [2.75, 3.05) is 0 Å². The van der Waals surface area contributed by atoms with Crippen molar-refractivity contribution in [3.8, 4) is 0 Å². The number of allylic oxidation sites excluding steroid dienone is 1. The second-order valence-electron chi connectivity index (χ2n) is 1.66. The van der Waals surface area contributed by atoms with E-state index in [2.05, 4.69) is 12.6 Å². The van der Waals surface area contributed by atoms with Gasteiger partial charge in [0.1, 0.15) is 0 Å². The Labute approximate surface area is 55.2 Å². The van der Waals surface area contributed by atoms with Crippen LogP contribution in [0.2, 0.25) is 0 Å². The molecule has 1 radical (unpaired) electrons. The topological polar surface area (TPSA) is 17.1 Å². The van der Waals surface area contributed by atoms with Gasteiger partial charge in [0, 0.05) is 0 Å². The molecule has 0 heterocycles. The first-order valence-electron chi connectivity index (χ1n) is 2.55. The van der Waals surface area contributed by atoms with Crippen molar-refractivity contribution in [2.45, 2.75) is 20.3 Å². The SMILES string of the molecule is CCC(C)=CC(=O)[S]. The average molecular weight is 129 g/mol. The number of rotatable bonds is 2. The predicted octanol–water partition coefficient (Wildman–Crippen LogP) is 2.07. The minimum absolute atomic E-state index is 0.274. The molecule has 0 aliphatic rings. The van der Waals surface area contributed by atoms with Crippen LogP contribution >= 0.6 is 12.6 Å². The van der Waals surface area contributed by atoms with Crippen LogP contribution in [0.15, 0.2) is 11.6 Å². The molecule has 0 aromatic carbocycles. The highest BCUT2D eigenvalue weighted by molar-refractivity contribution is 7.97. The molecule has 1 nitrogen and oxygen atoms in total. The highest BCUT2D eigenvalue weighted by Gasteiger charge is 1.87. The minimum Gasteiger partial charge on any atom is -0.277 e. The van der Waals surface area contributed by atoms with E-state index in [9.17, 15) is 4.79 Å². The van der Waals surface area contributed by atoms with E-state index in [0.717, 1.165) is 12.0 Å². The summed E-state index contributed by atoms with van der Waals surface area (Å²) < 4.78 is 0. The maximum atomic E-state index is 10.2. The number of hydrogen-bond acceptors (Lipinski definition) is 1. The van der Waals surface area contributed by atoms with E-state index in [4.69, 9.17) is 0 Å². The maximum absolute atomic E-state index is 10.2. The normalized spacial score (nSPS) is 11.5. The zero-order chi connectivity index (χ0) is 6.57. The quantitative estimate of drug-likeness (QED) is 0.521. The lowest BCUT2D eigenvalue weighted by molar-refractivity contribution is -0.106. The summed E-state index contributed by atoms with van der Waals surface area (Å²) >= 11 is 4.31. The summed E-state index contributed by atoms with van der Waals surface area (Å²) in [6, 6.07) is 0. The molecule has 0 N–H and O–H groups in total. The first-order chi connectivity index (χ1) is 3.66. The standard InChI is InChI=1S/C6H9OS/c1-3-5(2)4-6(7)8/h4H,3H2,1-2H3. The van der Waals surface area contributed by atoms with Crippen LogP contribution in [0.1, 0.15) is 20.3 Å². The molecule has 0 unspecified atom stereocenters. The second-order valence-corrected chi connectivity index (χ2v) is 2.07. The summed E-state index contributed by atoms with van der Waals surface area (Å²) in [5.74, 6) is 0.